The molecule has 3 aromatic rings. The van der Waals surface area contributed by atoms with Crippen LogP contribution in [0, 0.1) is 0 Å². The zero-order valence-electron chi connectivity index (χ0n) is 14.1. The highest BCUT2D eigenvalue weighted by molar-refractivity contribution is 6.42. The SMILES string of the molecule is CC(NC(=O)CCn1cnc2ccccc2c1=O)c1ccc(Cl)c(Cl)c1. The number of halogens is 2. The van der Waals surface area contributed by atoms with E-state index in [4.69, 9.17) is 23.2 Å². The van der Waals surface area contributed by atoms with Crippen LogP contribution in [0.15, 0.2) is 53.6 Å². The fraction of sp³-hybridized carbons (Fsp3) is 0.211. The van der Waals surface area contributed by atoms with Gasteiger partial charge in [0.2, 0.25) is 5.91 Å². The van der Waals surface area contributed by atoms with Crippen molar-refractivity contribution in [2.24, 2.45) is 0 Å². The van der Waals surface area contributed by atoms with Crippen molar-refractivity contribution in [3.05, 3.63) is 74.8 Å². The molecule has 1 heterocycles. The number of hydrogen-bond acceptors (Lipinski definition) is 3. The van der Waals surface area contributed by atoms with Gasteiger partial charge in [0, 0.05) is 13.0 Å². The van der Waals surface area contributed by atoms with E-state index in [9.17, 15) is 9.59 Å². The molecule has 0 saturated carbocycles. The largest absolute Gasteiger partial charge is 0.350 e. The lowest BCUT2D eigenvalue weighted by Gasteiger charge is -2.15. The molecule has 134 valence electrons. The first kappa shape index (κ1) is 18.4. The lowest BCUT2D eigenvalue weighted by atomic mass is 10.1. The van der Waals surface area contributed by atoms with Crippen molar-refractivity contribution in [3.63, 3.8) is 0 Å². The molecule has 1 amide bonds. The number of nitrogens with one attached hydrogen (secondary N) is 1. The van der Waals surface area contributed by atoms with Crippen molar-refractivity contribution in [1.82, 2.24) is 14.9 Å². The number of aryl methyl sites for hydroxylation is 1. The van der Waals surface area contributed by atoms with E-state index in [1.807, 2.05) is 19.1 Å². The summed E-state index contributed by atoms with van der Waals surface area (Å²) in [6.07, 6.45) is 1.64. The van der Waals surface area contributed by atoms with E-state index in [0.29, 0.717) is 20.9 Å². The number of benzene rings is 2. The average molecular weight is 390 g/mol. The third kappa shape index (κ3) is 4.06. The van der Waals surface area contributed by atoms with E-state index in [1.165, 1.54) is 10.9 Å². The van der Waals surface area contributed by atoms with Crippen LogP contribution in [0.4, 0.5) is 0 Å². The van der Waals surface area contributed by atoms with Gasteiger partial charge in [-0.05, 0) is 36.8 Å². The number of hydrogen-bond donors (Lipinski definition) is 1. The predicted molar refractivity (Wildman–Crippen MR) is 104 cm³/mol. The molecule has 0 bridgehead atoms. The minimum Gasteiger partial charge on any atom is -0.350 e. The molecule has 1 N–H and O–H groups in total. The second kappa shape index (κ2) is 7.89. The van der Waals surface area contributed by atoms with Gasteiger partial charge in [-0.15, -0.1) is 0 Å². The van der Waals surface area contributed by atoms with Crippen molar-refractivity contribution in [2.75, 3.05) is 0 Å². The number of aromatic nitrogens is 2. The van der Waals surface area contributed by atoms with Crippen molar-refractivity contribution in [2.45, 2.75) is 25.9 Å². The summed E-state index contributed by atoms with van der Waals surface area (Å²) in [6, 6.07) is 12.2. The number of fused-ring (bicyclic) bond motifs is 1. The first-order valence-electron chi connectivity index (χ1n) is 8.14. The molecule has 26 heavy (non-hydrogen) atoms. The van der Waals surface area contributed by atoms with Crippen LogP contribution in [-0.2, 0) is 11.3 Å². The first-order chi connectivity index (χ1) is 12.5. The maximum atomic E-state index is 12.4. The molecule has 0 fully saturated rings. The van der Waals surface area contributed by atoms with Crippen molar-refractivity contribution >= 4 is 40.0 Å². The number of nitrogens with zero attached hydrogens (tertiary/aromatic N) is 2. The molecule has 0 radical (unpaired) electrons. The first-order valence-corrected chi connectivity index (χ1v) is 8.90. The van der Waals surface area contributed by atoms with E-state index in [2.05, 4.69) is 10.3 Å². The summed E-state index contributed by atoms with van der Waals surface area (Å²) in [6.45, 7) is 2.12. The van der Waals surface area contributed by atoms with Crippen molar-refractivity contribution in [1.29, 1.82) is 0 Å². The minimum absolute atomic E-state index is 0.152. The number of carbonyl (C=O) groups is 1. The van der Waals surface area contributed by atoms with Crippen LogP contribution in [0.5, 0.6) is 0 Å². The van der Waals surface area contributed by atoms with Crippen LogP contribution < -0.4 is 10.9 Å². The van der Waals surface area contributed by atoms with Gasteiger partial charge in [0.15, 0.2) is 0 Å². The molecule has 2 aromatic carbocycles. The molecule has 0 spiro atoms. The Balaban J connectivity index is 1.64. The van der Waals surface area contributed by atoms with Gasteiger partial charge in [0.25, 0.3) is 5.56 Å². The summed E-state index contributed by atoms with van der Waals surface area (Å²) in [4.78, 5) is 28.9. The maximum absolute atomic E-state index is 12.4. The monoisotopic (exact) mass is 389 g/mol. The molecular formula is C19H17Cl2N3O2. The van der Waals surface area contributed by atoms with Crippen LogP contribution >= 0.6 is 23.2 Å². The van der Waals surface area contributed by atoms with E-state index in [1.54, 1.807) is 30.3 Å². The summed E-state index contributed by atoms with van der Waals surface area (Å²) in [5.41, 5.74) is 1.35. The van der Waals surface area contributed by atoms with Gasteiger partial charge in [-0.3, -0.25) is 14.2 Å². The van der Waals surface area contributed by atoms with Crippen LogP contribution in [0.1, 0.15) is 24.9 Å². The minimum atomic E-state index is -0.219. The molecule has 0 saturated heterocycles. The van der Waals surface area contributed by atoms with Crippen molar-refractivity contribution in [3.8, 4) is 0 Å². The Bertz CT molecular complexity index is 1020. The molecule has 3 rings (SSSR count). The van der Waals surface area contributed by atoms with Gasteiger partial charge >= 0.3 is 0 Å². The smallest absolute Gasteiger partial charge is 0.261 e. The van der Waals surface area contributed by atoms with E-state index in [0.717, 1.165) is 5.56 Å². The highest BCUT2D eigenvalue weighted by Gasteiger charge is 2.12. The predicted octanol–water partition coefficient (Wildman–Crippen LogP) is 3.97. The second-order valence-corrected chi connectivity index (χ2v) is 6.79. The molecule has 1 atom stereocenters. The average Bonchev–Trinajstić information content (AvgIpc) is 2.63. The quantitative estimate of drug-likeness (QED) is 0.717. The Morgan fingerprint density at radius 1 is 1.19 bits per heavy atom. The van der Waals surface area contributed by atoms with Crippen LogP contribution in [0.2, 0.25) is 10.0 Å². The van der Waals surface area contributed by atoms with Gasteiger partial charge in [-0.25, -0.2) is 4.98 Å². The number of rotatable bonds is 5. The summed E-state index contributed by atoms with van der Waals surface area (Å²) in [5, 5.41) is 4.35. The van der Waals surface area contributed by atoms with Crippen LogP contribution in [0.3, 0.4) is 0 Å². The zero-order chi connectivity index (χ0) is 18.7. The van der Waals surface area contributed by atoms with E-state index >= 15 is 0 Å². The van der Waals surface area contributed by atoms with Gasteiger partial charge in [0.1, 0.15) is 0 Å². The molecule has 0 aliphatic heterocycles. The Kier molecular flexibility index (Phi) is 5.59. The highest BCUT2D eigenvalue weighted by Crippen LogP contribution is 2.25. The van der Waals surface area contributed by atoms with E-state index < -0.39 is 0 Å². The topological polar surface area (TPSA) is 64.0 Å². The Labute approximate surface area is 160 Å². The molecular weight excluding hydrogens is 373 g/mol. The highest BCUT2D eigenvalue weighted by atomic mass is 35.5. The van der Waals surface area contributed by atoms with Crippen LogP contribution in [-0.4, -0.2) is 15.5 Å². The normalized spacial score (nSPS) is 12.1. The van der Waals surface area contributed by atoms with Gasteiger partial charge in [0.05, 0.1) is 33.3 Å². The Hall–Kier alpha value is -2.37. The number of carbonyl (C=O) groups excluding carboxylic acids is 1. The summed E-state index contributed by atoms with van der Waals surface area (Å²) in [5.74, 6) is -0.163. The summed E-state index contributed by atoms with van der Waals surface area (Å²) >= 11 is 11.9. The third-order valence-corrected chi connectivity index (χ3v) is 4.87. The van der Waals surface area contributed by atoms with Gasteiger partial charge in [-0.1, -0.05) is 41.4 Å². The lowest BCUT2D eigenvalue weighted by molar-refractivity contribution is -0.121. The zero-order valence-corrected chi connectivity index (χ0v) is 15.6. The standard InChI is InChI=1S/C19H17Cl2N3O2/c1-12(13-6-7-15(20)16(21)10-13)23-18(25)8-9-24-11-22-17-5-3-2-4-14(17)19(24)26/h2-7,10-12H,8-9H2,1H3,(H,23,25). The van der Waals surface area contributed by atoms with E-state index in [-0.39, 0.29) is 30.5 Å². The third-order valence-electron chi connectivity index (χ3n) is 4.13. The maximum Gasteiger partial charge on any atom is 0.261 e. The molecule has 1 unspecified atom stereocenters. The number of amides is 1. The molecule has 0 aliphatic rings. The molecule has 0 aliphatic carbocycles. The van der Waals surface area contributed by atoms with Crippen molar-refractivity contribution < 1.29 is 4.79 Å². The molecule has 7 heteroatoms. The Morgan fingerprint density at radius 3 is 2.73 bits per heavy atom. The van der Waals surface area contributed by atoms with Gasteiger partial charge in [-0.2, -0.15) is 0 Å². The summed E-state index contributed by atoms with van der Waals surface area (Å²) in [7, 11) is 0. The molecule has 5 nitrogen and oxygen atoms in total. The molecule has 1 aromatic heterocycles. The Morgan fingerprint density at radius 2 is 1.96 bits per heavy atom. The second-order valence-electron chi connectivity index (χ2n) is 5.97. The van der Waals surface area contributed by atoms with Crippen LogP contribution in [0.25, 0.3) is 10.9 Å². The fourth-order valence-electron chi connectivity index (χ4n) is 2.67. The lowest BCUT2D eigenvalue weighted by Crippen LogP contribution is -2.29. The summed E-state index contributed by atoms with van der Waals surface area (Å²) < 4.78 is 1.45. The van der Waals surface area contributed by atoms with Gasteiger partial charge < -0.3 is 5.32 Å². The fourth-order valence-corrected chi connectivity index (χ4v) is 2.97. The number of para-hydroxylation sites is 1.